The van der Waals surface area contributed by atoms with E-state index in [0.29, 0.717) is 11.4 Å². The van der Waals surface area contributed by atoms with Crippen molar-refractivity contribution < 1.29 is 9.59 Å². The van der Waals surface area contributed by atoms with Crippen molar-refractivity contribution in [2.75, 3.05) is 10.6 Å². The average molecular weight is 269 g/mol. The zero-order valence-electron chi connectivity index (χ0n) is 11.3. The normalized spacial score (nSPS) is 9.90. The number of carbonyl (C=O) groups is 2. The number of benzene rings is 1. The number of nitrogens with one attached hydrogen (secondary N) is 2. The molecule has 5 heteroatoms. The van der Waals surface area contributed by atoms with Crippen molar-refractivity contribution in [2.45, 2.75) is 13.8 Å². The Bertz CT molecular complexity index is 639. The van der Waals surface area contributed by atoms with Gasteiger partial charge in [-0.15, -0.1) is 0 Å². The van der Waals surface area contributed by atoms with E-state index in [0.717, 1.165) is 11.1 Å². The number of aromatic nitrogens is 1. The van der Waals surface area contributed by atoms with Crippen molar-refractivity contribution in [2.24, 2.45) is 0 Å². The SMILES string of the molecule is Cc1ccc(C)c(NC(=O)C(=O)Nc2cccnc2)c1. The van der Waals surface area contributed by atoms with Crippen LogP contribution in [0.3, 0.4) is 0 Å². The summed E-state index contributed by atoms with van der Waals surface area (Å²) in [7, 11) is 0. The van der Waals surface area contributed by atoms with E-state index >= 15 is 0 Å². The Kier molecular flexibility index (Phi) is 4.10. The minimum atomic E-state index is -0.723. The standard InChI is InChI=1S/C15H15N3O2/c1-10-5-6-11(2)13(8-10)18-15(20)14(19)17-12-4-3-7-16-9-12/h3-9H,1-2H3,(H,17,19)(H,18,20). The number of hydrogen-bond acceptors (Lipinski definition) is 3. The van der Waals surface area contributed by atoms with Crippen LogP contribution < -0.4 is 10.6 Å². The maximum Gasteiger partial charge on any atom is 0.314 e. The van der Waals surface area contributed by atoms with Crippen molar-refractivity contribution in [1.29, 1.82) is 0 Å². The van der Waals surface area contributed by atoms with E-state index < -0.39 is 11.8 Å². The molecule has 0 unspecified atom stereocenters. The Balaban J connectivity index is 2.04. The van der Waals surface area contributed by atoms with Gasteiger partial charge in [0.25, 0.3) is 0 Å². The first-order chi connectivity index (χ1) is 9.56. The van der Waals surface area contributed by atoms with E-state index in [9.17, 15) is 9.59 Å². The molecule has 0 radical (unpaired) electrons. The van der Waals surface area contributed by atoms with Gasteiger partial charge in [-0.2, -0.15) is 0 Å². The number of aryl methyl sites for hydroxylation is 2. The Hall–Kier alpha value is -2.69. The summed E-state index contributed by atoms with van der Waals surface area (Å²) in [4.78, 5) is 27.5. The molecule has 5 nitrogen and oxygen atoms in total. The number of rotatable bonds is 2. The summed E-state index contributed by atoms with van der Waals surface area (Å²) < 4.78 is 0. The molecule has 0 saturated carbocycles. The maximum absolute atomic E-state index is 11.8. The molecule has 0 atom stereocenters. The predicted octanol–water partition coefficient (Wildman–Crippen LogP) is 2.28. The van der Waals surface area contributed by atoms with Crippen molar-refractivity contribution in [3.63, 3.8) is 0 Å². The molecule has 0 saturated heterocycles. The highest BCUT2D eigenvalue weighted by Gasteiger charge is 2.14. The molecule has 102 valence electrons. The average Bonchev–Trinajstić information content (AvgIpc) is 2.44. The molecule has 0 bridgehead atoms. The molecule has 2 aromatic rings. The second-order valence-electron chi connectivity index (χ2n) is 4.47. The quantitative estimate of drug-likeness (QED) is 0.822. The van der Waals surface area contributed by atoms with Crippen molar-refractivity contribution in [1.82, 2.24) is 4.98 Å². The second-order valence-corrected chi connectivity index (χ2v) is 4.47. The maximum atomic E-state index is 11.8. The van der Waals surface area contributed by atoms with E-state index in [4.69, 9.17) is 0 Å². The van der Waals surface area contributed by atoms with Gasteiger partial charge < -0.3 is 10.6 Å². The van der Waals surface area contributed by atoms with E-state index in [2.05, 4.69) is 15.6 Å². The number of nitrogens with zero attached hydrogens (tertiary/aromatic N) is 1. The van der Waals surface area contributed by atoms with Crippen LogP contribution in [-0.4, -0.2) is 16.8 Å². The zero-order chi connectivity index (χ0) is 14.5. The van der Waals surface area contributed by atoms with Crippen LogP contribution in [0.1, 0.15) is 11.1 Å². The molecule has 1 heterocycles. The summed E-state index contributed by atoms with van der Waals surface area (Å²) in [6, 6.07) is 9.00. The molecule has 0 aliphatic carbocycles. The van der Waals surface area contributed by atoms with Crippen LogP contribution in [-0.2, 0) is 9.59 Å². The molecule has 1 aromatic carbocycles. The Morgan fingerprint density at radius 1 is 1.05 bits per heavy atom. The number of anilines is 2. The number of amides is 2. The molecular formula is C15H15N3O2. The summed E-state index contributed by atoms with van der Waals surface area (Å²) in [6.45, 7) is 3.79. The van der Waals surface area contributed by atoms with Crippen LogP contribution in [0.4, 0.5) is 11.4 Å². The van der Waals surface area contributed by atoms with Crippen LogP contribution in [0.5, 0.6) is 0 Å². The van der Waals surface area contributed by atoms with Crippen LogP contribution >= 0.6 is 0 Å². The summed E-state index contributed by atoms with van der Waals surface area (Å²) in [5.74, 6) is -1.43. The predicted molar refractivity (Wildman–Crippen MR) is 77.4 cm³/mol. The molecule has 0 aliphatic rings. The highest BCUT2D eigenvalue weighted by Crippen LogP contribution is 2.16. The van der Waals surface area contributed by atoms with Crippen LogP contribution in [0, 0.1) is 13.8 Å². The molecule has 0 fully saturated rings. The molecule has 1 aromatic heterocycles. The highest BCUT2D eigenvalue weighted by molar-refractivity contribution is 6.43. The van der Waals surface area contributed by atoms with E-state index in [-0.39, 0.29) is 0 Å². The lowest BCUT2D eigenvalue weighted by Gasteiger charge is -2.09. The van der Waals surface area contributed by atoms with Gasteiger partial charge in [-0.25, -0.2) is 0 Å². The van der Waals surface area contributed by atoms with Gasteiger partial charge in [-0.1, -0.05) is 12.1 Å². The van der Waals surface area contributed by atoms with Crippen LogP contribution in [0.15, 0.2) is 42.7 Å². The third-order valence-electron chi connectivity index (χ3n) is 2.77. The monoisotopic (exact) mass is 269 g/mol. The van der Waals surface area contributed by atoms with Crippen molar-refractivity contribution in [3.8, 4) is 0 Å². The summed E-state index contributed by atoms with van der Waals surface area (Å²) in [5.41, 5.74) is 3.03. The van der Waals surface area contributed by atoms with E-state index in [1.807, 2.05) is 32.0 Å². The third-order valence-corrected chi connectivity index (χ3v) is 2.77. The van der Waals surface area contributed by atoms with E-state index in [1.165, 1.54) is 6.20 Å². The molecule has 0 aliphatic heterocycles. The lowest BCUT2D eigenvalue weighted by atomic mass is 10.1. The molecular weight excluding hydrogens is 254 g/mol. The number of pyridine rings is 1. The number of hydrogen-bond donors (Lipinski definition) is 2. The summed E-state index contributed by atoms with van der Waals surface area (Å²) in [6.07, 6.45) is 3.06. The zero-order valence-corrected chi connectivity index (χ0v) is 11.3. The van der Waals surface area contributed by atoms with E-state index in [1.54, 1.807) is 18.3 Å². The fourth-order valence-corrected chi connectivity index (χ4v) is 1.67. The third kappa shape index (κ3) is 3.41. The Morgan fingerprint density at radius 2 is 1.80 bits per heavy atom. The summed E-state index contributed by atoms with van der Waals surface area (Å²) >= 11 is 0. The first-order valence-corrected chi connectivity index (χ1v) is 6.16. The first-order valence-electron chi connectivity index (χ1n) is 6.16. The fraction of sp³-hybridized carbons (Fsp3) is 0.133. The number of carbonyl (C=O) groups excluding carboxylic acids is 2. The van der Waals surface area contributed by atoms with Gasteiger partial charge in [0, 0.05) is 11.9 Å². The lowest BCUT2D eigenvalue weighted by Crippen LogP contribution is -2.29. The second kappa shape index (κ2) is 5.97. The molecule has 2 amide bonds. The smallest absolute Gasteiger partial charge is 0.314 e. The van der Waals surface area contributed by atoms with Gasteiger partial charge in [0.1, 0.15) is 0 Å². The minimum Gasteiger partial charge on any atom is -0.318 e. The van der Waals surface area contributed by atoms with Crippen LogP contribution in [0.2, 0.25) is 0 Å². The minimum absolute atomic E-state index is 0.480. The van der Waals surface area contributed by atoms with Gasteiger partial charge in [0.05, 0.1) is 11.9 Å². The van der Waals surface area contributed by atoms with Crippen LogP contribution in [0.25, 0.3) is 0 Å². The highest BCUT2D eigenvalue weighted by atomic mass is 16.2. The topological polar surface area (TPSA) is 71.1 Å². The van der Waals surface area contributed by atoms with Gasteiger partial charge in [-0.3, -0.25) is 14.6 Å². The molecule has 2 rings (SSSR count). The van der Waals surface area contributed by atoms with Crippen molar-refractivity contribution >= 4 is 23.2 Å². The largest absolute Gasteiger partial charge is 0.318 e. The van der Waals surface area contributed by atoms with Gasteiger partial charge >= 0.3 is 11.8 Å². The fourth-order valence-electron chi connectivity index (χ4n) is 1.67. The molecule has 20 heavy (non-hydrogen) atoms. The molecule has 2 N–H and O–H groups in total. The van der Waals surface area contributed by atoms with Gasteiger partial charge in [0.2, 0.25) is 0 Å². The lowest BCUT2D eigenvalue weighted by molar-refractivity contribution is -0.133. The van der Waals surface area contributed by atoms with Gasteiger partial charge in [-0.05, 0) is 43.2 Å². The molecule has 0 spiro atoms. The van der Waals surface area contributed by atoms with Gasteiger partial charge in [0.15, 0.2) is 0 Å². The Morgan fingerprint density at radius 3 is 2.50 bits per heavy atom. The van der Waals surface area contributed by atoms with Crippen molar-refractivity contribution in [3.05, 3.63) is 53.9 Å². The Labute approximate surface area is 117 Å². The summed E-state index contributed by atoms with van der Waals surface area (Å²) in [5, 5.41) is 5.08. The first kappa shape index (κ1) is 13.7.